The number of furan rings is 1. The number of anilines is 1. The highest BCUT2D eigenvalue weighted by Gasteiger charge is 2.26. The standard InChI is InChI=1S/C17H19ClN2O3/c1-10(2)15(20-16(21)14-8-5-9-23-14)17(22)19-13-7-4-6-12(18)11(13)3/h4-10,15H,1-3H3,(H,19,22)(H,20,21). The first-order chi connectivity index (χ1) is 10.9. The normalized spacial score (nSPS) is 12.0. The summed E-state index contributed by atoms with van der Waals surface area (Å²) in [6.07, 6.45) is 1.41. The van der Waals surface area contributed by atoms with Gasteiger partial charge in [0.25, 0.3) is 5.91 Å². The van der Waals surface area contributed by atoms with Crippen LogP contribution in [0.1, 0.15) is 30.0 Å². The first kappa shape index (κ1) is 17.1. The van der Waals surface area contributed by atoms with Gasteiger partial charge in [-0.15, -0.1) is 0 Å². The lowest BCUT2D eigenvalue weighted by Gasteiger charge is -2.22. The van der Waals surface area contributed by atoms with Gasteiger partial charge in [-0.2, -0.15) is 0 Å². The highest BCUT2D eigenvalue weighted by molar-refractivity contribution is 6.31. The van der Waals surface area contributed by atoms with Gasteiger partial charge >= 0.3 is 0 Å². The molecule has 2 rings (SSSR count). The van der Waals surface area contributed by atoms with Crippen LogP contribution in [0.5, 0.6) is 0 Å². The molecule has 2 amide bonds. The lowest BCUT2D eigenvalue weighted by molar-refractivity contribution is -0.118. The van der Waals surface area contributed by atoms with Crippen molar-refractivity contribution in [2.24, 2.45) is 5.92 Å². The van der Waals surface area contributed by atoms with E-state index in [0.29, 0.717) is 10.7 Å². The zero-order valence-corrected chi connectivity index (χ0v) is 14.0. The van der Waals surface area contributed by atoms with Gasteiger partial charge in [0.15, 0.2) is 5.76 Å². The summed E-state index contributed by atoms with van der Waals surface area (Å²) in [6, 6.07) is 7.76. The minimum atomic E-state index is -0.689. The molecule has 5 nitrogen and oxygen atoms in total. The van der Waals surface area contributed by atoms with Crippen molar-refractivity contribution in [3.05, 3.63) is 52.9 Å². The molecule has 122 valence electrons. The molecule has 0 saturated heterocycles. The second kappa shape index (κ2) is 7.33. The molecule has 1 unspecified atom stereocenters. The number of hydrogen-bond donors (Lipinski definition) is 2. The Balaban J connectivity index is 2.12. The molecule has 2 N–H and O–H groups in total. The second-order valence-corrected chi connectivity index (χ2v) is 5.98. The van der Waals surface area contributed by atoms with E-state index in [9.17, 15) is 9.59 Å². The SMILES string of the molecule is Cc1c(Cl)cccc1NC(=O)C(NC(=O)c1ccco1)C(C)C. The van der Waals surface area contributed by atoms with E-state index in [2.05, 4.69) is 10.6 Å². The van der Waals surface area contributed by atoms with E-state index in [1.54, 1.807) is 30.3 Å². The van der Waals surface area contributed by atoms with Crippen LogP contribution in [0.3, 0.4) is 0 Å². The molecule has 1 atom stereocenters. The van der Waals surface area contributed by atoms with Crippen molar-refractivity contribution < 1.29 is 14.0 Å². The molecule has 0 aliphatic rings. The van der Waals surface area contributed by atoms with Gasteiger partial charge in [-0.1, -0.05) is 31.5 Å². The number of benzene rings is 1. The van der Waals surface area contributed by atoms with E-state index < -0.39 is 11.9 Å². The molecule has 2 aromatic rings. The molecular formula is C17H19ClN2O3. The third-order valence-corrected chi connectivity index (χ3v) is 3.92. The summed E-state index contributed by atoms with van der Waals surface area (Å²) in [5.41, 5.74) is 1.41. The third-order valence-electron chi connectivity index (χ3n) is 3.51. The van der Waals surface area contributed by atoms with Crippen molar-refractivity contribution in [3.63, 3.8) is 0 Å². The molecule has 0 fully saturated rings. The van der Waals surface area contributed by atoms with Gasteiger partial charge in [-0.3, -0.25) is 9.59 Å². The van der Waals surface area contributed by atoms with Gasteiger partial charge in [-0.05, 0) is 42.7 Å². The topological polar surface area (TPSA) is 71.3 Å². The maximum Gasteiger partial charge on any atom is 0.287 e. The molecule has 1 heterocycles. The fourth-order valence-electron chi connectivity index (χ4n) is 2.11. The summed E-state index contributed by atoms with van der Waals surface area (Å²) in [6.45, 7) is 5.54. The number of amides is 2. The largest absolute Gasteiger partial charge is 0.459 e. The number of halogens is 1. The van der Waals surface area contributed by atoms with Crippen LogP contribution < -0.4 is 10.6 Å². The first-order valence-corrected chi connectivity index (χ1v) is 7.68. The second-order valence-electron chi connectivity index (χ2n) is 5.57. The fraction of sp³-hybridized carbons (Fsp3) is 0.294. The van der Waals surface area contributed by atoms with Crippen molar-refractivity contribution in [2.45, 2.75) is 26.8 Å². The van der Waals surface area contributed by atoms with Gasteiger partial charge in [0.05, 0.1) is 6.26 Å². The lowest BCUT2D eigenvalue weighted by Crippen LogP contribution is -2.47. The zero-order valence-electron chi connectivity index (χ0n) is 13.2. The quantitative estimate of drug-likeness (QED) is 0.877. The minimum absolute atomic E-state index is 0.0894. The molecule has 6 heteroatoms. The summed E-state index contributed by atoms with van der Waals surface area (Å²) in [5.74, 6) is -0.646. The first-order valence-electron chi connectivity index (χ1n) is 7.30. The summed E-state index contributed by atoms with van der Waals surface area (Å²) >= 11 is 6.06. The van der Waals surface area contributed by atoms with E-state index in [4.69, 9.17) is 16.0 Å². The van der Waals surface area contributed by atoms with Crippen molar-refractivity contribution >= 4 is 29.1 Å². The average molecular weight is 335 g/mol. The molecule has 0 saturated carbocycles. The minimum Gasteiger partial charge on any atom is -0.459 e. The van der Waals surface area contributed by atoms with Crippen LogP contribution in [0.15, 0.2) is 41.0 Å². The molecule has 0 aliphatic heterocycles. The molecule has 0 radical (unpaired) electrons. The molecule has 0 aliphatic carbocycles. The van der Waals surface area contributed by atoms with Crippen molar-refractivity contribution in [1.29, 1.82) is 0 Å². The summed E-state index contributed by atoms with van der Waals surface area (Å²) < 4.78 is 5.05. The zero-order chi connectivity index (χ0) is 17.0. The van der Waals surface area contributed by atoms with Gasteiger partial charge < -0.3 is 15.1 Å². The Morgan fingerprint density at radius 3 is 2.52 bits per heavy atom. The Bertz CT molecular complexity index is 696. The van der Waals surface area contributed by atoms with E-state index in [-0.39, 0.29) is 17.6 Å². The number of rotatable bonds is 5. The third kappa shape index (κ3) is 4.13. The highest BCUT2D eigenvalue weighted by atomic mass is 35.5. The number of hydrogen-bond acceptors (Lipinski definition) is 3. The van der Waals surface area contributed by atoms with Crippen molar-refractivity contribution in [1.82, 2.24) is 5.32 Å². The van der Waals surface area contributed by atoms with Gasteiger partial charge in [-0.25, -0.2) is 0 Å². The van der Waals surface area contributed by atoms with Crippen molar-refractivity contribution in [3.8, 4) is 0 Å². The highest BCUT2D eigenvalue weighted by Crippen LogP contribution is 2.23. The van der Waals surface area contributed by atoms with E-state index in [0.717, 1.165) is 5.56 Å². The van der Waals surface area contributed by atoms with Crippen LogP contribution in [0, 0.1) is 12.8 Å². The van der Waals surface area contributed by atoms with E-state index >= 15 is 0 Å². The summed E-state index contributed by atoms with van der Waals surface area (Å²) in [5, 5.41) is 6.08. The Morgan fingerprint density at radius 2 is 1.91 bits per heavy atom. The molecule has 0 bridgehead atoms. The van der Waals surface area contributed by atoms with Crippen LogP contribution in [-0.2, 0) is 4.79 Å². The molecule has 1 aromatic carbocycles. The van der Waals surface area contributed by atoms with E-state index in [1.807, 2.05) is 20.8 Å². The van der Waals surface area contributed by atoms with Gasteiger partial charge in [0, 0.05) is 10.7 Å². The number of nitrogens with one attached hydrogen (secondary N) is 2. The summed E-state index contributed by atoms with van der Waals surface area (Å²) in [4.78, 5) is 24.6. The Morgan fingerprint density at radius 1 is 1.17 bits per heavy atom. The molecule has 0 spiro atoms. The predicted molar refractivity (Wildman–Crippen MR) is 89.6 cm³/mol. The smallest absolute Gasteiger partial charge is 0.287 e. The molecule has 23 heavy (non-hydrogen) atoms. The van der Waals surface area contributed by atoms with Crippen molar-refractivity contribution in [2.75, 3.05) is 5.32 Å². The lowest BCUT2D eigenvalue weighted by atomic mass is 10.0. The predicted octanol–water partition coefficient (Wildman–Crippen LogP) is 3.63. The molecule has 1 aromatic heterocycles. The maximum absolute atomic E-state index is 12.5. The van der Waals surface area contributed by atoms with Crippen LogP contribution >= 0.6 is 11.6 Å². The van der Waals surface area contributed by atoms with E-state index in [1.165, 1.54) is 6.26 Å². The Hall–Kier alpha value is -2.27. The van der Waals surface area contributed by atoms with Crippen LogP contribution in [0.2, 0.25) is 5.02 Å². The average Bonchev–Trinajstić information content (AvgIpc) is 3.03. The van der Waals surface area contributed by atoms with Gasteiger partial charge in [0.1, 0.15) is 6.04 Å². The number of carbonyl (C=O) groups excluding carboxylic acids is 2. The monoisotopic (exact) mass is 334 g/mol. The van der Waals surface area contributed by atoms with Crippen LogP contribution in [-0.4, -0.2) is 17.9 Å². The summed E-state index contributed by atoms with van der Waals surface area (Å²) in [7, 11) is 0. The fourth-order valence-corrected chi connectivity index (χ4v) is 2.28. The molecular weight excluding hydrogens is 316 g/mol. The Labute approximate surface area is 140 Å². The van der Waals surface area contributed by atoms with Gasteiger partial charge in [0.2, 0.25) is 5.91 Å². The van der Waals surface area contributed by atoms with Crippen LogP contribution in [0.25, 0.3) is 0 Å². The van der Waals surface area contributed by atoms with Crippen LogP contribution in [0.4, 0.5) is 5.69 Å². The maximum atomic E-state index is 12.5. The number of carbonyl (C=O) groups is 2. The Kier molecular flexibility index (Phi) is 5.45.